The summed E-state index contributed by atoms with van der Waals surface area (Å²) < 4.78 is 17.9. The third kappa shape index (κ3) is 4.62. The van der Waals surface area contributed by atoms with Crippen LogP contribution < -0.4 is 11.1 Å². The van der Waals surface area contributed by atoms with Crippen molar-refractivity contribution in [1.29, 1.82) is 0 Å². The van der Waals surface area contributed by atoms with Crippen molar-refractivity contribution in [3.8, 4) is 0 Å². The molecule has 0 radical (unpaired) electrons. The van der Waals surface area contributed by atoms with Crippen LogP contribution in [0.25, 0.3) is 0 Å². The molecule has 0 bridgehead atoms. The first-order chi connectivity index (χ1) is 10.1. The minimum Gasteiger partial charge on any atom is -0.338 e. The summed E-state index contributed by atoms with van der Waals surface area (Å²) in [4.78, 5) is 17.6. The third-order valence-corrected chi connectivity index (χ3v) is 2.62. The van der Waals surface area contributed by atoms with Gasteiger partial charge in [0, 0.05) is 5.69 Å². The minimum absolute atomic E-state index is 0.114. The van der Waals surface area contributed by atoms with Crippen LogP contribution in [0, 0.1) is 5.82 Å². The first-order valence-corrected chi connectivity index (χ1v) is 6.32. The van der Waals surface area contributed by atoms with Gasteiger partial charge in [0.1, 0.15) is 5.82 Å². The van der Waals surface area contributed by atoms with E-state index in [-0.39, 0.29) is 19.0 Å². The zero-order valence-electron chi connectivity index (χ0n) is 11.5. The zero-order valence-corrected chi connectivity index (χ0v) is 11.5. The van der Waals surface area contributed by atoms with Crippen molar-refractivity contribution in [2.75, 3.05) is 18.9 Å². The molecule has 0 atom stereocenters. The molecule has 1 aromatic carbocycles. The number of anilines is 1. The lowest BCUT2D eigenvalue weighted by Crippen LogP contribution is -2.30. The van der Waals surface area contributed by atoms with Crippen molar-refractivity contribution < 1.29 is 13.7 Å². The number of nitrogens with one attached hydrogen (secondary N) is 1. The van der Waals surface area contributed by atoms with Gasteiger partial charge in [-0.3, -0.25) is 9.69 Å². The Bertz CT molecular complexity index is 616. The average Bonchev–Trinajstić information content (AvgIpc) is 2.85. The van der Waals surface area contributed by atoms with E-state index >= 15 is 0 Å². The number of hydrogen-bond acceptors (Lipinski definition) is 6. The number of nitrogens with zero attached hydrogens (tertiary/aromatic N) is 3. The van der Waals surface area contributed by atoms with Gasteiger partial charge in [-0.25, -0.2) is 4.39 Å². The Hall–Kier alpha value is -2.32. The summed E-state index contributed by atoms with van der Waals surface area (Å²) in [5, 5.41) is 6.35. The molecule has 1 amide bonds. The molecular weight excluding hydrogens is 277 g/mol. The Kier molecular flexibility index (Phi) is 4.96. The molecule has 0 aliphatic heterocycles. The van der Waals surface area contributed by atoms with E-state index in [4.69, 9.17) is 10.3 Å². The highest BCUT2D eigenvalue weighted by molar-refractivity contribution is 5.92. The van der Waals surface area contributed by atoms with E-state index in [1.165, 1.54) is 18.2 Å². The fraction of sp³-hybridized carbons (Fsp3) is 0.308. The Morgan fingerprint density at radius 1 is 1.52 bits per heavy atom. The number of halogens is 1. The van der Waals surface area contributed by atoms with E-state index < -0.39 is 5.82 Å². The number of benzene rings is 1. The summed E-state index contributed by atoms with van der Waals surface area (Å²) >= 11 is 0. The van der Waals surface area contributed by atoms with Gasteiger partial charge in [-0.1, -0.05) is 11.2 Å². The molecule has 8 heteroatoms. The van der Waals surface area contributed by atoms with Gasteiger partial charge >= 0.3 is 0 Å². The Labute approximate surface area is 120 Å². The molecule has 0 saturated heterocycles. The van der Waals surface area contributed by atoms with Crippen LogP contribution in [-0.2, 0) is 17.9 Å². The van der Waals surface area contributed by atoms with Gasteiger partial charge in [0.05, 0.1) is 19.6 Å². The lowest BCUT2D eigenvalue weighted by atomic mass is 10.3. The quantitative estimate of drug-likeness (QED) is 0.815. The highest BCUT2D eigenvalue weighted by Gasteiger charge is 2.11. The van der Waals surface area contributed by atoms with Crippen molar-refractivity contribution in [3.63, 3.8) is 0 Å². The monoisotopic (exact) mass is 293 g/mol. The summed E-state index contributed by atoms with van der Waals surface area (Å²) in [6.07, 6.45) is 0. The van der Waals surface area contributed by atoms with Crippen LogP contribution in [0.15, 0.2) is 28.8 Å². The highest BCUT2D eigenvalue weighted by Crippen LogP contribution is 2.09. The lowest BCUT2D eigenvalue weighted by molar-refractivity contribution is -0.117. The molecule has 112 valence electrons. The van der Waals surface area contributed by atoms with Crippen LogP contribution in [-0.4, -0.2) is 34.5 Å². The summed E-state index contributed by atoms with van der Waals surface area (Å²) in [5.74, 6) is 0.145. The van der Waals surface area contributed by atoms with Crippen molar-refractivity contribution in [1.82, 2.24) is 15.0 Å². The summed E-state index contributed by atoms with van der Waals surface area (Å²) in [6.45, 7) is 0.639. The predicted molar refractivity (Wildman–Crippen MR) is 73.6 cm³/mol. The smallest absolute Gasteiger partial charge is 0.240 e. The molecule has 0 aliphatic carbocycles. The molecule has 0 spiro atoms. The molecule has 2 aromatic rings. The topological polar surface area (TPSA) is 97.3 Å². The fourth-order valence-electron chi connectivity index (χ4n) is 1.75. The molecule has 7 nitrogen and oxygen atoms in total. The van der Waals surface area contributed by atoms with E-state index in [9.17, 15) is 9.18 Å². The van der Waals surface area contributed by atoms with Crippen LogP contribution in [0.2, 0.25) is 0 Å². The molecule has 2 rings (SSSR count). The second-order valence-electron chi connectivity index (χ2n) is 4.54. The standard InChI is InChI=1S/C13H16FN5O2/c1-19(7-11-17-13(6-15)21-18-11)8-12(20)16-10-4-2-3-9(14)5-10/h2-5H,6-8,15H2,1H3,(H,16,20). The van der Waals surface area contributed by atoms with Gasteiger partial charge in [-0.2, -0.15) is 4.98 Å². The molecular formula is C13H16FN5O2. The van der Waals surface area contributed by atoms with Crippen LogP contribution in [0.3, 0.4) is 0 Å². The maximum absolute atomic E-state index is 13.0. The zero-order chi connectivity index (χ0) is 15.2. The number of likely N-dealkylation sites (N-methyl/N-ethyl adjacent to an activating group) is 1. The van der Waals surface area contributed by atoms with Gasteiger partial charge < -0.3 is 15.6 Å². The van der Waals surface area contributed by atoms with Crippen molar-refractivity contribution in [2.45, 2.75) is 13.1 Å². The molecule has 3 N–H and O–H groups in total. The normalized spacial score (nSPS) is 10.9. The van der Waals surface area contributed by atoms with Gasteiger partial charge in [-0.05, 0) is 25.2 Å². The Morgan fingerprint density at radius 2 is 2.33 bits per heavy atom. The van der Waals surface area contributed by atoms with Crippen LogP contribution in [0.4, 0.5) is 10.1 Å². The molecule has 1 heterocycles. The van der Waals surface area contributed by atoms with Crippen molar-refractivity contribution in [3.05, 3.63) is 41.8 Å². The van der Waals surface area contributed by atoms with E-state index in [0.717, 1.165) is 0 Å². The summed E-state index contributed by atoms with van der Waals surface area (Å²) in [6, 6.07) is 5.72. The van der Waals surface area contributed by atoms with E-state index in [0.29, 0.717) is 23.9 Å². The molecule has 0 aliphatic rings. The molecule has 0 unspecified atom stereocenters. The summed E-state index contributed by atoms with van der Waals surface area (Å²) in [5.41, 5.74) is 5.78. The maximum atomic E-state index is 13.0. The lowest BCUT2D eigenvalue weighted by Gasteiger charge is -2.14. The van der Waals surface area contributed by atoms with Gasteiger partial charge in [0.2, 0.25) is 11.8 Å². The SMILES string of the molecule is CN(CC(=O)Nc1cccc(F)c1)Cc1noc(CN)n1. The van der Waals surface area contributed by atoms with Crippen LogP contribution in [0.5, 0.6) is 0 Å². The molecule has 21 heavy (non-hydrogen) atoms. The van der Waals surface area contributed by atoms with Gasteiger partial charge in [0.15, 0.2) is 5.82 Å². The van der Waals surface area contributed by atoms with Gasteiger partial charge in [0.25, 0.3) is 0 Å². The van der Waals surface area contributed by atoms with Crippen LogP contribution >= 0.6 is 0 Å². The second kappa shape index (κ2) is 6.91. The molecule has 0 fully saturated rings. The number of aromatic nitrogens is 2. The molecule has 0 saturated carbocycles. The first-order valence-electron chi connectivity index (χ1n) is 6.32. The van der Waals surface area contributed by atoms with Gasteiger partial charge in [-0.15, -0.1) is 0 Å². The summed E-state index contributed by atoms with van der Waals surface area (Å²) in [7, 11) is 1.74. The van der Waals surface area contributed by atoms with Crippen LogP contribution in [0.1, 0.15) is 11.7 Å². The van der Waals surface area contributed by atoms with E-state index in [2.05, 4.69) is 15.5 Å². The molecule has 1 aromatic heterocycles. The number of amides is 1. The first kappa shape index (κ1) is 15.1. The van der Waals surface area contributed by atoms with Crippen molar-refractivity contribution >= 4 is 11.6 Å². The Balaban J connectivity index is 1.84. The van der Waals surface area contributed by atoms with Crippen molar-refractivity contribution in [2.24, 2.45) is 5.73 Å². The number of carbonyl (C=O) groups excluding carboxylic acids is 1. The fourth-order valence-corrected chi connectivity index (χ4v) is 1.75. The largest absolute Gasteiger partial charge is 0.338 e. The van der Waals surface area contributed by atoms with E-state index in [1.54, 1.807) is 18.0 Å². The second-order valence-corrected chi connectivity index (χ2v) is 4.54. The number of hydrogen-bond donors (Lipinski definition) is 2. The number of carbonyl (C=O) groups is 1. The average molecular weight is 293 g/mol. The number of nitrogens with two attached hydrogens (primary N) is 1. The maximum Gasteiger partial charge on any atom is 0.240 e. The predicted octanol–water partition coefficient (Wildman–Crippen LogP) is 0.738. The van der Waals surface area contributed by atoms with E-state index in [1.807, 2.05) is 0 Å². The third-order valence-electron chi connectivity index (χ3n) is 2.62. The number of rotatable bonds is 6. The highest BCUT2D eigenvalue weighted by atomic mass is 19.1. The Morgan fingerprint density at radius 3 is 3.00 bits per heavy atom. The minimum atomic E-state index is -0.401.